The van der Waals surface area contributed by atoms with E-state index in [9.17, 15) is 58.8 Å². The Bertz CT molecular complexity index is 1180. The van der Waals surface area contributed by atoms with Gasteiger partial charge in [-0.1, -0.05) is 0 Å². The minimum Gasteiger partial charge on any atom is -0.346 e. The minimum absolute atomic E-state index is 0.00612. The van der Waals surface area contributed by atoms with E-state index in [1.165, 1.54) is 0 Å². The summed E-state index contributed by atoms with van der Waals surface area (Å²) in [4.78, 5) is 111. The largest absolute Gasteiger partial charge is 0.346 e. The Kier molecular flexibility index (Phi) is 18.1. The number of nitrogens with zero attached hydrogens (tertiary/aromatic N) is 3. The molecule has 1 fully saturated rings. The molecule has 0 aliphatic carbocycles. The number of hydroxylamine groups is 6. The molecular weight excluding hydrogens is 642 g/mol. The van der Waals surface area contributed by atoms with Crippen LogP contribution < -0.4 is 31.9 Å². The molecule has 0 unspecified atom stereocenters. The molecule has 9 amide bonds. The van der Waals surface area contributed by atoms with E-state index in [0.717, 1.165) is 20.8 Å². The average Bonchev–Trinajstić information content (AvgIpc) is 3.02. The zero-order chi connectivity index (χ0) is 36.4. The van der Waals surface area contributed by atoms with Gasteiger partial charge in [0.25, 0.3) is 0 Å². The molecule has 1 aliphatic rings. The zero-order valence-corrected chi connectivity index (χ0v) is 27.1. The predicted molar refractivity (Wildman–Crippen MR) is 160 cm³/mol. The van der Waals surface area contributed by atoms with Gasteiger partial charge in [-0.3, -0.25) is 58.8 Å². The van der Waals surface area contributed by atoms with Crippen LogP contribution in [0.2, 0.25) is 0 Å². The Morgan fingerprint density at radius 1 is 0.521 bits per heavy atom. The third-order valence-corrected chi connectivity index (χ3v) is 6.91. The molecule has 0 aromatic heterocycles. The Morgan fingerprint density at radius 2 is 0.833 bits per heavy atom. The molecule has 1 saturated heterocycles. The topological polar surface area (TPSA) is 296 Å². The van der Waals surface area contributed by atoms with E-state index >= 15 is 0 Å². The van der Waals surface area contributed by atoms with Gasteiger partial charge in [0.1, 0.15) is 18.1 Å². The van der Waals surface area contributed by atoms with Crippen LogP contribution in [-0.2, 0) is 43.2 Å². The van der Waals surface area contributed by atoms with E-state index in [-0.39, 0.29) is 58.2 Å². The van der Waals surface area contributed by atoms with E-state index in [4.69, 9.17) is 0 Å². The molecular formula is C27H45N9O12. The predicted octanol–water partition coefficient (Wildman–Crippen LogP) is -4.14. The first-order valence-corrected chi connectivity index (χ1v) is 15.1. The molecule has 0 spiro atoms. The lowest BCUT2D eigenvalue weighted by atomic mass is 10.1. The van der Waals surface area contributed by atoms with Gasteiger partial charge >= 0.3 is 0 Å². The standard InChI is InChI=1S/C27H45N9O12/c1-16(37)34(46)10-4-7-19-25(43)30-14-23(41)28-13-22(40)29-15-24(42)31-20(8-5-11-35(47)17(2)38)26(44)33-21(27(45)32-19)9-6-12-36(48)18(3)39/h19-21,46-48H,4-15H2,1-3H3,(H,28,41)(H,29,40)(H,30,43)(H,31,42)(H,32,45)(H,33,44)/t19-,20-,21+/m1/s1. The summed E-state index contributed by atoms with van der Waals surface area (Å²) in [5.74, 6) is -7.02. The number of amides is 9. The van der Waals surface area contributed by atoms with E-state index in [2.05, 4.69) is 31.9 Å². The summed E-state index contributed by atoms with van der Waals surface area (Å²) < 4.78 is 0. The van der Waals surface area contributed by atoms with E-state index in [1.807, 2.05) is 0 Å². The number of rotatable bonds is 12. The fraction of sp³-hybridized carbons (Fsp3) is 0.667. The molecule has 3 atom stereocenters. The molecule has 1 heterocycles. The Morgan fingerprint density at radius 3 is 1.21 bits per heavy atom. The van der Waals surface area contributed by atoms with E-state index < -0.39 is 90.9 Å². The van der Waals surface area contributed by atoms with Gasteiger partial charge in [0, 0.05) is 40.4 Å². The van der Waals surface area contributed by atoms with Crippen LogP contribution in [0.5, 0.6) is 0 Å². The summed E-state index contributed by atoms with van der Waals surface area (Å²) in [6.07, 6.45) is -0.483. The second kappa shape index (κ2) is 21.1. The molecule has 270 valence electrons. The highest BCUT2D eigenvalue weighted by Crippen LogP contribution is 2.07. The van der Waals surface area contributed by atoms with Crippen molar-refractivity contribution in [3.8, 4) is 0 Å². The van der Waals surface area contributed by atoms with Crippen LogP contribution in [0.4, 0.5) is 0 Å². The Labute approximate surface area is 275 Å². The lowest BCUT2D eigenvalue weighted by molar-refractivity contribution is -0.163. The van der Waals surface area contributed by atoms with Crippen molar-refractivity contribution in [3.63, 3.8) is 0 Å². The Balaban J connectivity index is 3.36. The van der Waals surface area contributed by atoms with Gasteiger partial charge in [-0.25, -0.2) is 15.2 Å². The van der Waals surface area contributed by atoms with Gasteiger partial charge in [0.05, 0.1) is 19.6 Å². The summed E-state index contributed by atoms with van der Waals surface area (Å²) in [6.45, 7) is 0.894. The molecule has 0 aromatic rings. The number of hydrogen-bond donors (Lipinski definition) is 9. The maximum absolute atomic E-state index is 13.5. The van der Waals surface area contributed by atoms with Crippen LogP contribution in [0.1, 0.15) is 59.3 Å². The monoisotopic (exact) mass is 687 g/mol. The van der Waals surface area contributed by atoms with Gasteiger partial charge in [0.15, 0.2) is 0 Å². The lowest BCUT2D eigenvalue weighted by Gasteiger charge is -2.26. The molecule has 21 heteroatoms. The summed E-state index contributed by atoms with van der Waals surface area (Å²) >= 11 is 0. The van der Waals surface area contributed by atoms with Crippen molar-refractivity contribution in [3.05, 3.63) is 0 Å². The molecule has 0 aromatic carbocycles. The minimum atomic E-state index is -1.41. The van der Waals surface area contributed by atoms with E-state index in [1.54, 1.807) is 0 Å². The molecule has 21 nitrogen and oxygen atoms in total. The normalized spacial score (nSPS) is 20.0. The average molecular weight is 688 g/mol. The van der Waals surface area contributed by atoms with Crippen LogP contribution in [0.25, 0.3) is 0 Å². The maximum atomic E-state index is 13.5. The summed E-state index contributed by atoms with van der Waals surface area (Å²) in [5, 5.41) is 44.5. The van der Waals surface area contributed by atoms with Crippen molar-refractivity contribution >= 4 is 53.2 Å². The molecule has 0 bridgehead atoms. The van der Waals surface area contributed by atoms with Crippen LogP contribution in [0.3, 0.4) is 0 Å². The van der Waals surface area contributed by atoms with Crippen molar-refractivity contribution in [1.82, 2.24) is 47.1 Å². The van der Waals surface area contributed by atoms with Crippen molar-refractivity contribution in [2.24, 2.45) is 0 Å². The Hall–Kier alpha value is -4.89. The third-order valence-electron chi connectivity index (χ3n) is 6.91. The molecule has 48 heavy (non-hydrogen) atoms. The van der Waals surface area contributed by atoms with Crippen LogP contribution in [-0.4, -0.2) is 141 Å². The molecule has 1 aliphatic heterocycles. The first kappa shape index (κ1) is 41.1. The second-order valence-electron chi connectivity index (χ2n) is 10.9. The third kappa shape index (κ3) is 16.1. The number of carbonyl (C=O) groups excluding carboxylic acids is 9. The van der Waals surface area contributed by atoms with Crippen LogP contribution in [0, 0.1) is 0 Å². The highest BCUT2D eigenvalue weighted by atomic mass is 16.5. The smallest absolute Gasteiger partial charge is 0.243 e. The van der Waals surface area contributed by atoms with Crippen molar-refractivity contribution in [2.75, 3.05) is 39.3 Å². The second-order valence-corrected chi connectivity index (χ2v) is 10.9. The van der Waals surface area contributed by atoms with Crippen LogP contribution >= 0.6 is 0 Å². The zero-order valence-electron chi connectivity index (χ0n) is 27.1. The maximum Gasteiger partial charge on any atom is 0.243 e. The van der Waals surface area contributed by atoms with Gasteiger partial charge < -0.3 is 31.9 Å². The van der Waals surface area contributed by atoms with Crippen molar-refractivity contribution < 1.29 is 58.8 Å². The molecule has 0 saturated carbocycles. The summed E-state index contributed by atoms with van der Waals surface area (Å²) in [6, 6.07) is -4.11. The molecule has 0 radical (unpaired) electrons. The van der Waals surface area contributed by atoms with Crippen molar-refractivity contribution in [1.29, 1.82) is 0 Å². The number of carbonyl (C=O) groups is 9. The van der Waals surface area contributed by atoms with Crippen LogP contribution in [0.15, 0.2) is 0 Å². The highest BCUT2D eigenvalue weighted by Gasteiger charge is 2.30. The summed E-state index contributed by atoms with van der Waals surface area (Å²) in [7, 11) is 0. The fourth-order valence-corrected chi connectivity index (χ4v) is 4.18. The van der Waals surface area contributed by atoms with Gasteiger partial charge in [-0.15, -0.1) is 0 Å². The highest BCUT2D eigenvalue weighted by molar-refractivity contribution is 5.96. The van der Waals surface area contributed by atoms with Gasteiger partial charge in [0.2, 0.25) is 53.2 Å². The fourth-order valence-electron chi connectivity index (χ4n) is 4.18. The first-order valence-electron chi connectivity index (χ1n) is 15.1. The first-order chi connectivity index (χ1) is 22.5. The lowest BCUT2D eigenvalue weighted by Crippen LogP contribution is -2.58. The van der Waals surface area contributed by atoms with Crippen molar-refractivity contribution in [2.45, 2.75) is 77.4 Å². The molecule has 9 N–H and O–H groups in total. The summed E-state index contributed by atoms with van der Waals surface area (Å²) in [5.41, 5.74) is 0. The van der Waals surface area contributed by atoms with E-state index in [0.29, 0.717) is 15.2 Å². The van der Waals surface area contributed by atoms with Gasteiger partial charge in [-0.2, -0.15) is 0 Å². The number of nitrogens with one attached hydrogen (secondary N) is 6. The number of hydrogen-bond acceptors (Lipinski definition) is 12. The quantitative estimate of drug-likeness (QED) is 0.0698. The SMILES string of the molecule is CC(=O)N(O)CCC[C@@H]1NC(=O)[C@@H](CCCN(O)C(C)=O)NC(=O)CNC(=O)CNC(=O)CNC(=O)[C@@H](CCCN(O)C(C)=O)NC1=O. The van der Waals surface area contributed by atoms with Gasteiger partial charge in [-0.05, 0) is 38.5 Å². The molecule has 1 rings (SSSR count).